The summed E-state index contributed by atoms with van der Waals surface area (Å²) in [5.41, 5.74) is 0.264. The maximum atomic E-state index is 11.6. The third-order valence-corrected chi connectivity index (χ3v) is 3.99. The molecule has 0 aliphatic heterocycles. The maximum Gasteiger partial charge on any atom is 0.164 e. The van der Waals surface area contributed by atoms with Crippen LogP contribution in [-0.2, 0) is 5.60 Å². The lowest BCUT2D eigenvalue weighted by Crippen LogP contribution is -2.29. The highest BCUT2D eigenvalue weighted by molar-refractivity contribution is 5.56. The molecule has 3 aromatic carbocycles. The van der Waals surface area contributed by atoms with Crippen molar-refractivity contribution < 1.29 is 14.9 Å². The molecule has 3 nitrogen and oxygen atoms in total. The van der Waals surface area contributed by atoms with Gasteiger partial charge < -0.3 is 14.9 Å². The Morgan fingerprint density at radius 2 is 1.26 bits per heavy atom. The number of phenols is 1. The zero-order valence-electron chi connectivity index (χ0n) is 12.8. The number of hydrogen-bond donors (Lipinski definition) is 2. The van der Waals surface area contributed by atoms with Gasteiger partial charge in [0.1, 0.15) is 5.60 Å². The van der Waals surface area contributed by atoms with Crippen molar-refractivity contribution in [1.29, 1.82) is 0 Å². The quantitative estimate of drug-likeness (QED) is 0.723. The lowest BCUT2D eigenvalue weighted by molar-refractivity contribution is 0.121. The largest absolute Gasteiger partial charge is 0.504 e. The van der Waals surface area contributed by atoms with E-state index in [1.807, 2.05) is 60.7 Å². The number of para-hydroxylation sites is 1. The molecule has 3 aromatic rings. The molecule has 0 saturated heterocycles. The van der Waals surface area contributed by atoms with Gasteiger partial charge in [-0.1, -0.05) is 72.8 Å². The molecule has 2 N–H and O–H groups in total. The summed E-state index contributed by atoms with van der Waals surface area (Å²) < 4.78 is 5.19. The molecule has 0 bridgehead atoms. The zero-order chi connectivity index (χ0) is 16.3. The molecule has 3 rings (SSSR count). The summed E-state index contributed by atoms with van der Waals surface area (Å²) in [6, 6.07) is 23.7. The average Bonchev–Trinajstić information content (AvgIpc) is 2.63. The number of aromatic hydroxyl groups is 1. The highest BCUT2D eigenvalue weighted by Crippen LogP contribution is 2.43. The van der Waals surface area contributed by atoms with Crippen molar-refractivity contribution >= 4 is 0 Å². The van der Waals surface area contributed by atoms with Crippen LogP contribution in [0.5, 0.6) is 11.5 Å². The van der Waals surface area contributed by atoms with Gasteiger partial charge in [0.25, 0.3) is 0 Å². The van der Waals surface area contributed by atoms with E-state index < -0.39 is 5.60 Å². The monoisotopic (exact) mass is 306 g/mol. The first-order valence-electron chi connectivity index (χ1n) is 7.37. The van der Waals surface area contributed by atoms with Gasteiger partial charge in [-0.25, -0.2) is 0 Å². The molecule has 3 heteroatoms. The third kappa shape index (κ3) is 2.56. The number of benzene rings is 3. The molecule has 0 atom stereocenters. The van der Waals surface area contributed by atoms with Crippen LogP contribution in [0.15, 0.2) is 78.9 Å². The second-order valence-corrected chi connectivity index (χ2v) is 5.30. The van der Waals surface area contributed by atoms with E-state index in [4.69, 9.17) is 4.74 Å². The fourth-order valence-corrected chi connectivity index (χ4v) is 2.82. The van der Waals surface area contributed by atoms with E-state index in [1.165, 1.54) is 7.11 Å². The SMILES string of the molecule is COc1cccc(C(O)(c2ccccc2)c2ccccc2)c1O. The van der Waals surface area contributed by atoms with Crippen LogP contribution in [0.4, 0.5) is 0 Å². The van der Waals surface area contributed by atoms with E-state index in [-0.39, 0.29) is 5.75 Å². The van der Waals surface area contributed by atoms with E-state index in [2.05, 4.69) is 0 Å². The Labute approximate surface area is 135 Å². The predicted octanol–water partition coefficient (Wildman–Crippen LogP) is 3.69. The summed E-state index contributed by atoms with van der Waals surface area (Å²) in [5, 5.41) is 22.2. The zero-order valence-corrected chi connectivity index (χ0v) is 12.8. The molecule has 0 fully saturated rings. The highest BCUT2D eigenvalue weighted by atomic mass is 16.5. The first-order valence-corrected chi connectivity index (χ1v) is 7.37. The van der Waals surface area contributed by atoms with E-state index in [0.717, 1.165) is 0 Å². The van der Waals surface area contributed by atoms with Crippen LogP contribution in [0.2, 0.25) is 0 Å². The summed E-state index contributed by atoms with van der Waals surface area (Å²) in [5.74, 6) is 0.262. The van der Waals surface area contributed by atoms with Gasteiger partial charge in [0.05, 0.1) is 7.11 Å². The third-order valence-electron chi connectivity index (χ3n) is 3.99. The molecular formula is C20H18O3. The van der Waals surface area contributed by atoms with Crippen LogP contribution < -0.4 is 4.74 Å². The van der Waals surface area contributed by atoms with E-state index in [9.17, 15) is 10.2 Å². The first kappa shape index (κ1) is 15.1. The van der Waals surface area contributed by atoms with Gasteiger partial charge in [-0.15, -0.1) is 0 Å². The van der Waals surface area contributed by atoms with Gasteiger partial charge in [-0.05, 0) is 17.2 Å². The van der Waals surface area contributed by atoms with E-state index in [1.54, 1.807) is 18.2 Å². The Hall–Kier alpha value is -2.78. The van der Waals surface area contributed by atoms with Gasteiger partial charge in [0.2, 0.25) is 0 Å². The fraction of sp³-hybridized carbons (Fsp3) is 0.100. The van der Waals surface area contributed by atoms with Crippen molar-refractivity contribution in [2.45, 2.75) is 5.60 Å². The molecular weight excluding hydrogens is 288 g/mol. The number of aliphatic hydroxyl groups is 1. The standard InChI is InChI=1S/C20H18O3/c1-23-18-14-8-13-17(19(18)21)20(22,15-9-4-2-5-10-15)16-11-6-3-7-12-16/h2-14,21-22H,1H3. The molecule has 0 aromatic heterocycles. The average molecular weight is 306 g/mol. The van der Waals surface area contributed by atoms with E-state index >= 15 is 0 Å². The number of ether oxygens (including phenoxy) is 1. The Morgan fingerprint density at radius 3 is 1.74 bits per heavy atom. The molecule has 116 valence electrons. The van der Waals surface area contributed by atoms with Crippen LogP contribution in [0.25, 0.3) is 0 Å². The summed E-state index contributed by atoms with van der Waals surface area (Å²) in [6.07, 6.45) is 0. The number of methoxy groups -OCH3 is 1. The lowest BCUT2D eigenvalue weighted by atomic mass is 9.80. The highest BCUT2D eigenvalue weighted by Gasteiger charge is 2.36. The maximum absolute atomic E-state index is 11.6. The van der Waals surface area contributed by atoms with Crippen LogP contribution in [-0.4, -0.2) is 17.3 Å². The topological polar surface area (TPSA) is 49.7 Å². The smallest absolute Gasteiger partial charge is 0.164 e. The van der Waals surface area contributed by atoms with E-state index in [0.29, 0.717) is 22.4 Å². The minimum absolute atomic E-state index is 0.0646. The molecule has 0 heterocycles. The molecule has 0 amide bonds. The molecule has 0 aliphatic rings. The number of rotatable bonds is 4. The number of phenolic OH excluding ortho intramolecular Hbond substituents is 1. The van der Waals surface area contributed by atoms with Crippen molar-refractivity contribution in [2.24, 2.45) is 0 Å². The van der Waals surface area contributed by atoms with Gasteiger partial charge in [0, 0.05) is 5.56 Å². The van der Waals surface area contributed by atoms with Gasteiger partial charge in [-0.3, -0.25) is 0 Å². The normalized spacial score (nSPS) is 11.2. The number of hydrogen-bond acceptors (Lipinski definition) is 3. The summed E-state index contributed by atoms with van der Waals surface area (Å²) in [7, 11) is 1.49. The predicted molar refractivity (Wildman–Crippen MR) is 89.6 cm³/mol. The van der Waals surface area contributed by atoms with Crippen molar-refractivity contribution in [3.63, 3.8) is 0 Å². The molecule has 0 unspecified atom stereocenters. The summed E-state index contributed by atoms with van der Waals surface area (Å²) in [6.45, 7) is 0. The van der Waals surface area contributed by atoms with Gasteiger partial charge in [-0.2, -0.15) is 0 Å². The minimum atomic E-state index is -1.47. The molecule has 0 spiro atoms. The van der Waals surface area contributed by atoms with Crippen molar-refractivity contribution in [3.8, 4) is 11.5 Å². The molecule has 0 saturated carbocycles. The second kappa shape index (κ2) is 6.15. The Bertz CT molecular complexity index is 743. The Kier molecular flexibility index (Phi) is 4.04. The molecule has 0 radical (unpaired) electrons. The summed E-state index contributed by atoms with van der Waals surface area (Å²) >= 11 is 0. The van der Waals surface area contributed by atoms with Crippen LogP contribution in [0, 0.1) is 0 Å². The molecule has 23 heavy (non-hydrogen) atoms. The Balaban J connectivity index is 2.30. The van der Waals surface area contributed by atoms with Crippen LogP contribution in [0.3, 0.4) is 0 Å². The lowest BCUT2D eigenvalue weighted by Gasteiger charge is -2.31. The Morgan fingerprint density at radius 1 is 0.739 bits per heavy atom. The summed E-state index contributed by atoms with van der Waals surface area (Å²) in [4.78, 5) is 0. The van der Waals surface area contributed by atoms with Crippen molar-refractivity contribution in [1.82, 2.24) is 0 Å². The molecule has 0 aliphatic carbocycles. The van der Waals surface area contributed by atoms with Gasteiger partial charge >= 0.3 is 0 Å². The first-order chi connectivity index (χ1) is 11.2. The van der Waals surface area contributed by atoms with Crippen molar-refractivity contribution in [2.75, 3.05) is 7.11 Å². The van der Waals surface area contributed by atoms with Crippen molar-refractivity contribution in [3.05, 3.63) is 95.6 Å². The van der Waals surface area contributed by atoms with Crippen LogP contribution in [0.1, 0.15) is 16.7 Å². The minimum Gasteiger partial charge on any atom is -0.504 e. The second-order valence-electron chi connectivity index (χ2n) is 5.30. The van der Waals surface area contributed by atoms with Crippen LogP contribution >= 0.6 is 0 Å². The van der Waals surface area contributed by atoms with Gasteiger partial charge in [0.15, 0.2) is 11.5 Å². The fourth-order valence-electron chi connectivity index (χ4n) is 2.82.